The molecule has 1 aromatic heterocycles. The molecule has 0 spiro atoms. The minimum absolute atomic E-state index is 0.0577. The third-order valence-corrected chi connectivity index (χ3v) is 5.26. The predicted octanol–water partition coefficient (Wildman–Crippen LogP) is 1.61. The molecule has 1 aromatic rings. The first-order valence-corrected chi connectivity index (χ1v) is 8.68. The molecule has 1 aliphatic rings. The van der Waals surface area contributed by atoms with Crippen LogP contribution in [0.3, 0.4) is 0 Å². The fraction of sp³-hybridized carbons (Fsp3) is 0.769. The van der Waals surface area contributed by atoms with Crippen LogP contribution in [0, 0.1) is 11.8 Å². The molecule has 0 saturated heterocycles. The topological polar surface area (TPSA) is 78.0 Å². The van der Waals surface area contributed by atoms with Gasteiger partial charge >= 0.3 is 0 Å². The number of sulfone groups is 1. The number of rotatable bonds is 3. The highest BCUT2D eigenvalue weighted by molar-refractivity contribution is 7.90. The molecule has 1 heterocycles. The van der Waals surface area contributed by atoms with Gasteiger partial charge in [0.1, 0.15) is 4.90 Å². The molecule has 5 nitrogen and oxygen atoms in total. The molecule has 1 fully saturated rings. The maximum atomic E-state index is 11.5. The summed E-state index contributed by atoms with van der Waals surface area (Å²) in [5, 5.41) is 4.21. The van der Waals surface area contributed by atoms with Crippen molar-refractivity contribution in [3.8, 4) is 0 Å². The highest BCUT2D eigenvalue weighted by atomic mass is 32.2. The van der Waals surface area contributed by atoms with E-state index >= 15 is 0 Å². The molecule has 19 heavy (non-hydrogen) atoms. The van der Waals surface area contributed by atoms with E-state index < -0.39 is 9.84 Å². The molecule has 1 saturated carbocycles. The second-order valence-corrected chi connectivity index (χ2v) is 7.99. The van der Waals surface area contributed by atoms with Gasteiger partial charge in [0.05, 0.1) is 12.2 Å². The number of nitrogens with two attached hydrogens (primary N) is 1. The standard InChI is InChI=1S/C13H23N3O2S/c1-9(2)10-4-5-12(14)13(6-10)16-8-11(7-15-16)19(3,17)18/h7-10,12-13H,4-6,14H2,1-3H3. The van der Waals surface area contributed by atoms with Crippen molar-refractivity contribution in [3.05, 3.63) is 12.4 Å². The normalized spacial score (nSPS) is 28.8. The molecule has 1 aliphatic carbocycles. The highest BCUT2D eigenvalue weighted by Gasteiger charge is 2.31. The van der Waals surface area contributed by atoms with E-state index in [1.165, 1.54) is 12.5 Å². The predicted molar refractivity (Wildman–Crippen MR) is 74.5 cm³/mol. The van der Waals surface area contributed by atoms with Crippen LogP contribution in [0.2, 0.25) is 0 Å². The van der Waals surface area contributed by atoms with Gasteiger partial charge in [0.2, 0.25) is 0 Å². The van der Waals surface area contributed by atoms with E-state index in [2.05, 4.69) is 18.9 Å². The Bertz CT molecular complexity index is 536. The van der Waals surface area contributed by atoms with E-state index in [-0.39, 0.29) is 17.0 Å². The summed E-state index contributed by atoms with van der Waals surface area (Å²) >= 11 is 0. The van der Waals surface area contributed by atoms with Gasteiger partial charge in [-0.3, -0.25) is 4.68 Å². The Balaban J connectivity index is 2.22. The van der Waals surface area contributed by atoms with Gasteiger partial charge in [0.15, 0.2) is 9.84 Å². The first-order valence-electron chi connectivity index (χ1n) is 6.79. The minimum Gasteiger partial charge on any atom is -0.326 e. The van der Waals surface area contributed by atoms with Crippen molar-refractivity contribution in [2.24, 2.45) is 17.6 Å². The summed E-state index contributed by atoms with van der Waals surface area (Å²) in [6.45, 7) is 4.45. The van der Waals surface area contributed by atoms with Crippen molar-refractivity contribution < 1.29 is 8.42 Å². The zero-order valence-corrected chi connectivity index (χ0v) is 12.6. The van der Waals surface area contributed by atoms with Crippen molar-refractivity contribution in [1.82, 2.24) is 9.78 Å². The van der Waals surface area contributed by atoms with E-state index in [0.29, 0.717) is 11.8 Å². The third kappa shape index (κ3) is 3.17. The molecule has 3 unspecified atom stereocenters. The van der Waals surface area contributed by atoms with E-state index in [9.17, 15) is 8.42 Å². The Labute approximate surface area is 115 Å². The summed E-state index contributed by atoms with van der Waals surface area (Å²) in [6, 6.07) is 0.166. The smallest absolute Gasteiger partial charge is 0.178 e. The molecule has 2 N–H and O–H groups in total. The second kappa shape index (κ2) is 5.25. The second-order valence-electron chi connectivity index (χ2n) is 5.98. The maximum Gasteiger partial charge on any atom is 0.178 e. The van der Waals surface area contributed by atoms with E-state index in [0.717, 1.165) is 19.3 Å². The van der Waals surface area contributed by atoms with Crippen molar-refractivity contribution in [1.29, 1.82) is 0 Å². The van der Waals surface area contributed by atoms with Crippen LogP contribution in [0.5, 0.6) is 0 Å². The zero-order chi connectivity index (χ0) is 14.2. The van der Waals surface area contributed by atoms with Crippen LogP contribution in [-0.2, 0) is 9.84 Å². The molecule has 2 rings (SSSR count). The third-order valence-electron chi connectivity index (χ3n) is 4.20. The Hall–Kier alpha value is -0.880. The highest BCUT2D eigenvalue weighted by Crippen LogP contribution is 2.35. The maximum absolute atomic E-state index is 11.5. The Kier molecular flexibility index (Phi) is 4.01. The number of hydrogen-bond donors (Lipinski definition) is 1. The number of nitrogens with zero attached hydrogens (tertiary/aromatic N) is 2. The van der Waals surface area contributed by atoms with E-state index in [1.807, 2.05) is 0 Å². The van der Waals surface area contributed by atoms with Crippen molar-refractivity contribution in [2.75, 3.05) is 6.26 Å². The lowest BCUT2D eigenvalue weighted by molar-refractivity contribution is 0.183. The molecule has 0 aliphatic heterocycles. The number of aromatic nitrogens is 2. The SMILES string of the molecule is CC(C)C1CCC(N)C(n2cc(S(C)(=O)=O)cn2)C1. The van der Waals surface area contributed by atoms with E-state index in [4.69, 9.17) is 5.73 Å². The summed E-state index contributed by atoms with van der Waals surface area (Å²) in [6.07, 6.45) is 7.33. The van der Waals surface area contributed by atoms with Crippen LogP contribution in [-0.4, -0.2) is 30.5 Å². The van der Waals surface area contributed by atoms with Gasteiger partial charge in [-0.1, -0.05) is 13.8 Å². The monoisotopic (exact) mass is 285 g/mol. The summed E-state index contributed by atoms with van der Waals surface area (Å²) in [4.78, 5) is 0.270. The zero-order valence-electron chi connectivity index (χ0n) is 11.8. The van der Waals surface area contributed by atoms with Gasteiger partial charge in [-0.15, -0.1) is 0 Å². The van der Waals surface area contributed by atoms with Crippen LogP contribution in [0.1, 0.15) is 39.2 Å². The van der Waals surface area contributed by atoms with Crippen LogP contribution in [0.15, 0.2) is 17.3 Å². The molecule has 0 amide bonds. The van der Waals surface area contributed by atoms with E-state index in [1.54, 1.807) is 10.9 Å². The summed E-state index contributed by atoms with van der Waals surface area (Å²) in [7, 11) is -3.19. The molecule has 108 valence electrons. The molecule has 0 aromatic carbocycles. The lowest BCUT2D eigenvalue weighted by Gasteiger charge is -2.36. The Morgan fingerprint density at radius 2 is 2.11 bits per heavy atom. The van der Waals surface area contributed by atoms with Crippen LogP contribution < -0.4 is 5.73 Å². The lowest BCUT2D eigenvalue weighted by atomic mass is 9.77. The average molecular weight is 285 g/mol. The first-order chi connectivity index (χ1) is 8.79. The van der Waals surface area contributed by atoms with Gasteiger partial charge in [0, 0.05) is 18.5 Å². The lowest BCUT2D eigenvalue weighted by Crippen LogP contribution is -2.39. The van der Waals surface area contributed by atoms with Gasteiger partial charge in [-0.05, 0) is 31.1 Å². The Morgan fingerprint density at radius 3 is 2.63 bits per heavy atom. The van der Waals surface area contributed by atoms with Crippen LogP contribution in [0.25, 0.3) is 0 Å². The van der Waals surface area contributed by atoms with Crippen molar-refractivity contribution in [3.63, 3.8) is 0 Å². The average Bonchev–Trinajstić information content (AvgIpc) is 2.78. The van der Waals surface area contributed by atoms with Gasteiger partial charge < -0.3 is 5.73 Å². The quantitative estimate of drug-likeness (QED) is 0.915. The summed E-state index contributed by atoms with van der Waals surface area (Å²) in [5.41, 5.74) is 6.18. The Morgan fingerprint density at radius 1 is 1.42 bits per heavy atom. The molecular weight excluding hydrogens is 262 g/mol. The van der Waals surface area contributed by atoms with Gasteiger partial charge in [-0.25, -0.2) is 8.42 Å². The molecule has 6 heteroatoms. The minimum atomic E-state index is -3.19. The summed E-state index contributed by atoms with van der Waals surface area (Å²) < 4.78 is 24.7. The molecule has 0 bridgehead atoms. The fourth-order valence-electron chi connectivity index (χ4n) is 2.80. The van der Waals surface area contributed by atoms with Crippen molar-refractivity contribution in [2.45, 2.75) is 50.1 Å². The van der Waals surface area contributed by atoms with Crippen molar-refractivity contribution >= 4 is 9.84 Å². The largest absolute Gasteiger partial charge is 0.326 e. The molecule has 0 radical (unpaired) electrons. The number of hydrogen-bond acceptors (Lipinski definition) is 4. The summed E-state index contributed by atoms with van der Waals surface area (Å²) in [5.74, 6) is 1.26. The molecular formula is C13H23N3O2S. The van der Waals surface area contributed by atoms with Crippen LogP contribution >= 0.6 is 0 Å². The van der Waals surface area contributed by atoms with Gasteiger partial charge in [-0.2, -0.15) is 5.10 Å². The first kappa shape index (κ1) is 14.5. The molecule has 3 atom stereocenters. The van der Waals surface area contributed by atoms with Crippen LogP contribution in [0.4, 0.5) is 0 Å². The van der Waals surface area contributed by atoms with Gasteiger partial charge in [0.25, 0.3) is 0 Å². The fourth-order valence-corrected chi connectivity index (χ4v) is 3.34.